The number of halogens is 4. The first-order valence-electron chi connectivity index (χ1n) is 7.60. The number of anilines is 1. The van der Waals surface area contributed by atoms with Crippen molar-refractivity contribution >= 4 is 17.5 Å². The molecule has 0 radical (unpaired) electrons. The van der Waals surface area contributed by atoms with Crippen LogP contribution < -0.4 is 10.6 Å². The molecule has 0 heterocycles. The van der Waals surface area contributed by atoms with Gasteiger partial charge in [-0.15, -0.1) is 0 Å². The van der Waals surface area contributed by atoms with Crippen LogP contribution in [0.25, 0.3) is 0 Å². The Balaban J connectivity index is 2.08. The molecule has 2 rings (SSSR count). The van der Waals surface area contributed by atoms with Crippen molar-refractivity contribution < 1.29 is 27.2 Å². The molecule has 0 atom stereocenters. The maximum Gasteiger partial charge on any atom is 0.254 e. The average molecular weight is 368 g/mol. The zero-order chi connectivity index (χ0) is 19.6. The fourth-order valence-corrected chi connectivity index (χ4v) is 2.55. The maximum atomic E-state index is 13.6. The Bertz CT molecular complexity index is 874. The van der Waals surface area contributed by atoms with E-state index in [0.717, 1.165) is 16.7 Å². The standard InChI is InChI=1S/C18H16F4N2O2/c1-8-4-9(2)17(10(3)5-8)24-13(25)7-23-18(26)11-6-12(19)15(21)16(22)14(11)20/h4-6H,7H2,1-3H3,(H,23,26)(H,24,25). The molecule has 0 unspecified atom stereocenters. The summed E-state index contributed by atoms with van der Waals surface area (Å²) >= 11 is 0. The number of carbonyl (C=O) groups is 2. The molecule has 0 fully saturated rings. The molecule has 2 aromatic carbocycles. The summed E-state index contributed by atoms with van der Waals surface area (Å²) in [6.45, 7) is 4.94. The highest BCUT2D eigenvalue weighted by Crippen LogP contribution is 2.22. The molecule has 8 heteroatoms. The number of benzene rings is 2. The van der Waals surface area contributed by atoms with Crippen LogP contribution in [-0.2, 0) is 4.79 Å². The van der Waals surface area contributed by atoms with Crippen LogP contribution in [-0.4, -0.2) is 18.4 Å². The number of aryl methyl sites for hydroxylation is 3. The molecule has 0 bridgehead atoms. The summed E-state index contributed by atoms with van der Waals surface area (Å²) in [5, 5.41) is 4.64. The summed E-state index contributed by atoms with van der Waals surface area (Å²) < 4.78 is 52.8. The van der Waals surface area contributed by atoms with Crippen molar-refractivity contribution in [3.63, 3.8) is 0 Å². The molecule has 0 spiro atoms. The summed E-state index contributed by atoms with van der Waals surface area (Å²) in [5.41, 5.74) is 2.19. The summed E-state index contributed by atoms with van der Waals surface area (Å²) in [4.78, 5) is 23.8. The van der Waals surface area contributed by atoms with Crippen LogP contribution in [0.5, 0.6) is 0 Å². The van der Waals surface area contributed by atoms with E-state index in [2.05, 4.69) is 5.32 Å². The third kappa shape index (κ3) is 4.01. The lowest BCUT2D eigenvalue weighted by Gasteiger charge is -2.13. The van der Waals surface area contributed by atoms with Gasteiger partial charge in [0.1, 0.15) is 0 Å². The molecule has 0 aliphatic rings. The molecule has 138 valence electrons. The van der Waals surface area contributed by atoms with Crippen molar-refractivity contribution in [3.8, 4) is 0 Å². The highest BCUT2D eigenvalue weighted by molar-refractivity contribution is 6.00. The van der Waals surface area contributed by atoms with Crippen molar-refractivity contribution in [2.75, 3.05) is 11.9 Å². The minimum Gasteiger partial charge on any atom is -0.343 e. The topological polar surface area (TPSA) is 58.2 Å². The van der Waals surface area contributed by atoms with Crippen LogP contribution in [0.4, 0.5) is 23.2 Å². The van der Waals surface area contributed by atoms with E-state index in [4.69, 9.17) is 0 Å². The normalized spacial score (nSPS) is 10.6. The largest absolute Gasteiger partial charge is 0.343 e. The van der Waals surface area contributed by atoms with Crippen LogP contribution in [0, 0.1) is 44.0 Å². The second-order valence-corrected chi connectivity index (χ2v) is 5.85. The van der Waals surface area contributed by atoms with Gasteiger partial charge in [-0.05, 0) is 38.0 Å². The van der Waals surface area contributed by atoms with E-state index in [-0.39, 0.29) is 6.07 Å². The van der Waals surface area contributed by atoms with Gasteiger partial charge in [-0.3, -0.25) is 9.59 Å². The summed E-state index contributed by atoms with van der Waals surface area (Å²) in [6.07, 6.45) is 0. The Hall–Kier alpha value is -2.90. The molecule has 0 aromatic heterocycles. The lowest BCUT2D eigenvalue weighted by atomic mass is 10.1. The molecular formula is C18H16F4N2O2. The third-order valence-corrected chi connectivity index (χ3v) is 3.70. The monoisotopic (exact) mass is 368 g/mol. The van der Waals surface area contributed by atoms with E-state index in [0.29, 0.717) is 5.69 Å². The summed E-state index contributed by atoms with van der Waals surface area (Å²) in [7, 11) is 0. The molecule has 2 amide bonds. The zero-order valence-electron chi connectivity index (χ0n) is 14.3. The van der Waals surface area contributed by atoms with Gasteiger partial charge in [-0.2, -0.15) is 0 Å². The molecule has 26 heavy (non-hydrogen) atoms. The Labute approximate surface area is 147 Å². The third-order valence-electron chi connectivity index (χ3n) is 3.70. The first-order valence-corrected chi connectivity index (χ1v) is 7.60. The maximum absolute atomic E-state index is 13.6. The van der Waals surface area contributed by atoms with Crippen molar-refractivity contribution in [2.24, 2.45) is 0 Å². The van der Waals surface area contributed by atoms with E-state index in [1.165, 1.54) is 0 Å². The van der Waals surface area contributed by atoms with Gasteiger partial charge in [0.25, 0.3) is 5.91 Å². The van der Waals surface area contributed by atoms with Gasteiger partial charge < -0.3 is 10.6 Å². The zero-order valence-corrected chi connectivity index (χ0v) is 14.3. The molecule has 0 aliphatic heterocycles. The average Bonchev–Trinajstić information content (AvgIpc) is 2.57. The van der Waals surface area contributed by atoms with Crippen LogP contribution in [0.3, 0.4) is 0 Å². The first-order chi connectivity index (χ1) is 12.1. The van der Waals surface area contributed by atoms with Gasteiger partial charge >= 0.3 is 0 Å². The van der Waals surface area contributed by atoms with Gasteiger partial charge in [0, 0.05) is 5.69 Å². The summed E-state index contributed by atoms with van der Waals surface area (Å²) in [6, 6.07) is 3.95. The van der Waals surface area contributed by atoms with Crippen molar-refractivity contribution in [1.82, 2.24) is 5.32 Å². The fourth-order valence-electron chi connectivity index (χ4n) is 2.55. The molecule has 2 aromatic rings. The van der Waals surface area contributed by atoms with E-state index in [1.807, 2.05) is 24.4 Å². The smallest absolute Gasteiger partial charge is 0.254 e. The second kappa shape index (κ2) is 7.55. The van der Waals surface area contributed by atoms with E-state index < -0.39 is 47.2 Å². The predicted molar refractivity (Wildman–Crippen MR) is 87.9 cm³/mol. The number of nitrogens with one attached hydrogen (secondary N) is 2. The molecule has 0 saturated heterocycles. The Morgan fingerprint density at radius 3 is 2.04 bits per heavy atom. The highest BCUT2D eigenvalue weighted by atomic mass is 19.2. The lowest BCUT2D eigenvalue weighted by molar-refractivity contribution is -0.115. The van der Waals surface area contributed by atoms with Gasteiger partial charge in [0.05, 0.1) is 12.1 Å². The molecule has 0 saturated carbocycles. The molecule has 4 nitrogen and oxygen atoms in total. The number of rotatable bonds is 4. The van der Waals surface area contributed by atoms with Crippen LogP contribution in [0.15, 0.2) is 18.2 Å². The number of amides is 2. The highest BCUT2D eigenvalue weighted by Gasteiger charge is 2.23. The minimum absolute atomic E-state index is 0.231. The Morgan fingerprint density at radius 2 is 1.46 bits per heavy atom. The molecule has 2 N–H and O–H groups in total. The van der Waals surface area contributed by atoms with Crippen molar-refractivity contribution in [1.29, 1.82) is 0 Å². The van der Waals surface area contributed by atoms with Gasteiger partial charge in [0.15, 0.2) is 23.3 Å². The lowest BCUT2D eigenvalue weighted by Crippen LogP contribution is -2.34. The SMILES string of the molecule is Cc1cc(C)c(NC(=O)CNC(=O)c2cc(F)c(F)c(F)c2F)c(C)c1. The van der Waals surface area contributed by atoms with Crippen molar-refractivity contribution in [2.45, 2.75) is 20.8 Å². The summed E-state index contributed by atoms with van der Waals surface area (Å²) in [5.74, 6) is -9.49. The van der Waals surface area contributed by atoms with Crippen LogP contribution in [0.2, 0.25) is 0 Å². The van der Waals surface area contributed by atoms with Crippen molar-refractivity contribution in [3.05, 3.63) is 63.7 Å². The Morgan fingerprint density at radius 1 is 0.885 bits per heavy atom. The number of hydrogen-bond acceptors (Lipinski definition) is 2. The van der Waals surface area contributed by atoms with Gasteiger partial charge in [0.2, 0.25) is 5.91 Å². The quantitative estimate of drug-likeness (QED) is 0.493. The van der Waals surface area contributed by atoms with E-state index in [9.17, 15) is 27.2 Å². The molecule has 0 aliphatic carbocycles. The molecular weight excluding hydrogens is 352 g/mol. The predicted octanol–water partition coefficient (Wildman–Crippen LogP) is 3.54. The number of hydrogen-bond donors (Lipinski definition) is 2. The second-order valence-electron chi connectivity index (χ2n) is 5.85. The van der Waals surface area contributed by atoms with E-state index >= 15 is 0 Å². The minimum atomic E-state index is -2.09. The van der Waals surface area contributed by atoms with Gasteiger partial charge in [-0.1, -0.05) is 17.7 Å². The number of carbonyl (C=O) groups excluding carboxylic acids is 2. The first kappa shape index (κ1) is 19.4. The Kier molecular flexibility index (Phi) is 5.64. The van der Waals surface area contributed by atoms with Gasteiger partial charge in [-0.25, -0.2) is 17.6 Å². The van der Waals surface area contributed by atoms with Crippen LogP contribution in [0.1, 0.15) is 27.0 Å². The fraction of sp³-hybridized carbons (Fsp3) is 0.222. The van der Waals surface area contributed by atoms with Crippen LogP contribution >= 0.6 is 0 Å². The van der Waals surface area contributed by atoms with E-state index in [1.54, 1.807) is 13.8 Å².